The highest BCUT2D eigenvalue weighted by molar-refractivity contribution is 6.36. The summed E-state index contributed by atoms with van der Waals surface area (Å²) in [6.45, 7) is 1.20. The fourth-order valence-electron chi connectivity index (χ4n) is 2.76. The lowest BCUT2D eigenvalue weighted by Gasteiger charge is -2.21. The highest BCUT2D eigenvalue weighted by Crippen LogP contribution is 2.20. The van der Waals surface area contributed by atoms with Crippen LogP contribution in [0.25, 0.3) is 0 Å². The zero-order valence-electron chi connectivity index (χ0n) is 15.9. The van der Waals surface area contributed by atoms with Crippen LogP contribution in [0.3, 0.4) is 0 Å². The van der Waals surface area contributed by atoms with E-state index >= 15 is 0 Å². The van der Waals surface area contributed by atoms with Crippen LogP contribution in [-0.4, -0.2) is 80.0 Å². The van der Waals surface area contributed by atoms with Gasteiger partial charge in [-0.05, 0) is 24.6 Å². The summed E-state index contributed by atoms with van der Waals surface area (Å²) in [7, 11) is 1.31. The molecule has 0 unspecified atom stereocenters. The summed E-state index contributed by atoms with van der Waals surface area (Å²) in [5.41, 5.74) is 0.194. The van der Waals surface area contributed by atoms with E-state index in [1.165, 1.54) is 30.2 Å². The Morgan fingerprint density at radius 2 is 1.69 bits per heavy atom. The molecule has 29 heavy (non-hydrogen) atoms. The number of halogens is 2. The molecular formula is C18H22Cl2N4O5. The zero-order valence-corrected chi connectivity index (χ0v) is 17.4. The Balaban J connectivity index is 1.75. The number of carbonyl (C=O) groups is 4. The van der Waals surface area contributed by atoms with Crippen LogP contribution in [0.5, 0.6) is 0 Å². The van der Waals surface area contributed by atoms with Crippen molar-refractivity contribution in [3.8, 4) is 0 Å². The van der Waals surface area contributed by atoms with E-state index in [1.54, 1.807) is 4.90 Å². The van der Waals surface area contributed by atoms with E-state index in [-0.39, 0.29) is 29.6 Å². The molecule has 0 atom stereocenters. The molecule has 1 saturated heterocycles. The van der Waals surface area contributed by atoms with Crippen LogP contribution < -0.4 is 10.6 Å². The number of rotatable bonds is 5. The first kappa shape index (κ1) is 22.8. The molecule has 11 heteroatoms. The average molecular weight is 445 g/mol. The largest absolute Gasteiger partial charge is 0.453 e. The van der Waals surface area contributed by atoms with Crippen molar-refractivity contribution in [1.82, 2.24) is 20.4 Å². The van der Waals surface area contributed by atoms with E-state index in [0.717, 1.165) is 0 Å². The van der Waals surface area contributed by atoms with Crippen molar-refractivity contribution in [2.75, 3.05) is 46.4 Å². The van der Waals surface area contributed by atoms with Gasteiger partial charge in [-0.3, -0.25) is 14.4 Å². The molecule has 1 aliphatic rings. The fourth-order valence-corrected chi connectivity index (χ4v) is 3.25. The molecule has 9 nitrogen and oxygen atoms in total. The van der Waals surface area contributed by atoms with E-state index in [2.05, 4.69) is 15.4 Å². The van der Waals surface area contributed by atoms with Crippen LogP contribution in [0.2, 0.25) is 10.0 Å². The van der Waals surface area contributed by atoms with Gasteiger partial charge in [-0.2, -0.15) is 0 Å². The van der Waals surface area contributed by atoms with E-state index < -0.39 is 17.9 Å². The summed E-state index contributed by atoms with van der Waals surface area (Å²) < 4.78 is 4.69. The topological polar surface area (TPSA) is 108 Å². The highest BCUT2D eigenvalue weighted by Gasteiger charge is 2.22. The first-order valence-corrected chi connectivity index (χ1v) is 9.68. The average Bonchev–Trinajstić information content (AvgIpc) is 2.96. The normalized spacial score (nSPS) is 14.0. The minimum Gasteiger partial charge on any atom is -0.453 e. The van der Waals surface area contributed by atoms with E-state index in [0.29, 0.717) is 37.6 Å². The summed E-state index contributed by atoms with van der Waals surface area (Å²) in [6.07, 6.45) is 0.191. The third kappa shape index (κ3) is 6.79. The maximum absolute atomic E-state index is 12.3. The zero-order chi connectivity index (χ0) is 21.4. The molecule has 1 aromatic rings. The monoisotopic (exact) mass is 444 g/mol. The maximum atomic E-state index is 12.3. The van der Waals surface area contributed by atoms with Crippen molar-refractivity contribution in [3.05, 3.63) is 33.8 Å². The molecule has 2 N–H and O–H groups in total. The molecule has 4 amide bonds. The first-order chi connectivity index (χ1) is 13.8. The summed E-state index contributed by atoms with van der Waals surface area (Å²) >= 11 is 11.7. The molecule has 1 heterocycles. The Bertz CT molecular complexity index is 790. The lowest BCUT2D eigenvalue weighted by Crippen LogP contribution is -2.44. The van der Waals surface area contributed by atoms with E-state index in [4.69, 9.17) is 23.2 Å². The van der Waals surface area contributed by atoms with Crippen LogP contribution in [0.4, 0.5) is 4.79 Å². The summed E-state index contributed by atoms with van der Waals surface area (Å²) in [5.74, 6) is -1.30. The first-order valence-electron chi connectivity index (χ1n) is 8.92. The fraction of sp³-hybridized carbons (Fsp3) is 0.444. The van der Waals surface area contributed by atoms with Crippen molar-refractivity contribution < 1.29 is 23.9 Å². The molecule has 1 fully saturated rings. The van der Waals surface area contributed by atoms with Gasteiger partial charge in [0.2, 0.25) is 11.8 Å². The van der Waals surface area contributed by atoms with Crippen molar-refractivity contribution in [2.24, 2.45) is 0 Å². The van der Waals surface area contributed by atoms with Crippen LogP contribution in [0.1, 0.15) is 16.8 Å². The third-order valence-electron chi connectivity index (χ3n) is 4.30. The quantitative estimate of drug-likeness (QED) is 0.707. The predicted octanol–water partition coefficient (Wildman–Crippen LogP) is 1.14. The van der Waals surface area contributed by atoms with Gasteiger partial charge in [0.1, 0.15) is 0 Å². The molecule has 0 radical (unpaired) electrons. The van der Waals surface area contributed by atoms with Gasteiger partial charge in [0.05, 0.1) is 30.8 Å². The number of ether oxygens (including phenoxy) is 1. The van der Waals surface area contributed by atoms with Crippen LogP contribution in [-0.2, 0) is 14.3 Å². The second-order valence-electron chi connectivity index (χ2n) is 6.27. The molecule has 2 rings (SSSR count). The van der Waals surface area contributed by atoms with Crippen LogP contribution >= 0.6 is 23.2 Å². The number of hydrogen-bond acceptors (Lipinski definition) is 5. The Morgan fingerprint density at radius 1 is 1.00 bits per heavy atom. The van der Waals surface area contributed by atoms with Crippen molar-refractivity contribution in [3.63, 3.8) is 0 Å². The van der Waals surface area contributed by atoms with Crippen molar-refractivity contribution in [2.45, 2.75) is 6.42 Å². The predicted molar refractivity (Wildman–Crippen MR) is 107 cm³/mol. The molecule has 0 saturated carbocycles. The van der Waals surface area contributed by atoms with Gasteiger partial charge < -0.3 is 25.2 Å². The SMILES string of the molecule is COC(=O)N1CCCN(C(=O)CNC(=O)CNC(=O)c2ccc(Cl)cc2Cl)CC1. The standard InChI is InChI=1S/C18H22Cl2N4O5/c1-29-18(28)24-6-2-5-23(7-8-24)16(26)11-21-15(25)10-22-17(27)13-4-3-12(19)9-14(13)20/h3-4,9H,2,5-8,10-11H2,1H3,(H,21,25)(H,22,27). The number of methoxy groups -OCH3 is 1. The Morgan fingerprint density at radius 3 is 2.38 bits per heavy atom. The van der Waals surface area contributed by atoms with E-state index in [1.807, 2.05) is 0 Å². The number of carbonyl (C=O) groups excluding carboxylic acids is 4. The molecule has 0 bridgehead atoms. The van der Waals surface area contributed by atoms with Crippen LogP contribution in [0.15, 0.2) is 18.2 Å². The Hall–Kier alpha value is -2.52. The van der Waals surface area contributed by atoms with Gasteiger partial charge in [0.25, 0.3) is 5.91 Å². The number of hydrogen-bond donors (Lipinski definition) is 2. The molecule has 158 valence electrons. The molecule has 0 spiro atoms. The van der Waals surface area contributed by atoms with Crippen molar-refractivity contribution >= 4 is 47.0 Å². The third-order valence-corrected chi connectivity index (χ3v) is 4.85. The molecular weight excluding hydrogens is 423 g/mol. The summed E-state index contributed by atoms with van der Waals surface area (Å²) in [5, 5.41) is 5.48. The minimum absolute atomic E-state index is 0.174. The number of nitrogens with zero attached hydrogens (tertiary/aromatic N) is 2. The molecule has 0 aromatic heterocycles. The second-order valence-corrected chi connectivity index (χ2v) is 7.12. The van der Waals surface area contributed by atoms with Crippen LogP contribution in [0, 0.1) is 0 Å². The van der Waals surface area contributed by atoms with Gasteiger partial charge in [-0.25, -0.2) is 4.79 Å². The number of benzene rings is 1. The van der Waals surface area contributed by atoms with Gasteiger partial charge >= 0.3 is 6.09 Å². The minimum atomic E-state index is -0.524. The molecule has 0 aliphatic carbocycles. The van der Waals surface area contributed by atoms with Gasteiger partial charge in [-0.1, -0.05) is 23.2 Å². The second kappa shape index (κ2) is 10.9. The van der Waals surface area contributed by atoms with Gasteiger partial charge in [-0.15, -0.1) is 0 Å². The van der Waals surface area contributed by atoms with E-state index in [9.17, 15) is 19.2 Å². The van der Waals surface area contributed by atoms with Gasteiger partial charge in [0.15, 0.2) is 0 Å². The summed E-state index contributed by atoms with van der Waals surface area (Å²) in [6, 6.07) is 4.40. The number of nitrogens with one attached hydrogen (secondary N) is 2. The molecule has 1 aromatic carbocycles. The Kier molecular flexibility index (Phi) is 8.53. The number of amides is 4. The molecule has 1 aliphatic heterocycles. The maximum Gasteiger partial charge on any atom is 0.409 e. The van der Waals surface area contributed by atoms with Crippen molar-refractivity contribution in [1.29, 1.82) is 0 Å². The van der Waals surface area contributed by atoms with Gasteiger partial charge in [0, 0.05) is 31.2 Å². The highest BCUT2D eigenvalue weighted by atomic mass is 35.5. The smallest absolute Gasteiger partial charge is 0.409 e. The lowest BCUT2D eigenvalue weighted by atomic mass is 10.2. The summed E-state index contributed by atoms with van der Waals surface area (Å²) in [4.78, 5) is 51.0. The lowest BCUT2D eigenvalue weighted by molar-refractivity contribution is -0.132. The Labute approximate surface area is 178 Å².